The van der Waals surface area contributed by atoms with Crippen molar-refractivity contribution in [3.63, 3.8) is 0 Å². The van der Waals surface area contributed by atoms with Gasteiger partial charge in [0.1, 0.15) is 5.60 Å². The summed E-state index contributed by atoms with van der Waals surface area (Å²) in [7, 11) is 1.72. The molecule has 2 unspecified atom stereocenters. The normalized spacial score (nSPS) is 25.8. The van der Waals surface area contributed by atoms with E-state index in [0.717, 1.165) is 30.7 Å². The number of aliphatic carboxylic acids is 1. The molecule has 0 radical (unpaired) electrons. The second kappa shape index (κ2) is 6.10. The molecule has 1 aromatic heterocycles. The molecule has 1 heterocycles. The fraction of sp³-hybridized carbons (Fsp3) is 0.688. The van der Waals surface area contributed by atoms with Gasteiger partial charge in [0.2, 0.25) is 0 Å². The van der Waals surface area contributed by atoms with Gasteiger partial charge in [0.05, 0.1) is 6.42 Å². The molecule has 2 atom stereocenters. The number of aromatic nitrogens is 2. The zero-order valence-electron chi connectivity index (χ0n) is 13.3. The first-order chi connectivity index (χ1) is 9.88. The number of rotatable bonds is 4. The maximum absolute atomic E-state index is 10.9. The van der Waals surface area contributed by atoms with E-state index in [1.165, 1.54) is 6.42 Å². The summed E-state index contributed by atoms with van der Waals surface area (Å²) in [4.78, 5) is 20.1. The Bertz CT molecular complexity index is 521. The standard InChI is InChI=1S/C16H24N2O3/c1-10-6-5-7-16(9-10,21-4)15-17-11(2)13(8-14(19)20)12(3)18-15/h10H,5-9H2,1-4H3,(H,19,20). The Kier molecular flexibility index (Phi) is 4.61. The Hall–Kier alpha value is -1.49. The summed E-state index contributed by atoms with van der Waals surface area (Å²) in [6, 6.07) is 0. The van der Waals surface area contributed by atoms with Crippen molar-refractivity contribution in [1.82, 2.24) is 9.97 Å². The third-order valence-electron chi connectivity index (χ3n) is 4.50. The molecule has 1 saturated carbocycles. The van der Waals surface area contributed by atoms with Gasteiger partial charge >= 0.3 is 5.97 Å². The van der Waals surface area contributed by atoms with Gasteiger partial charge in [-0.2, -0.15) is 0 Å². The van der Waals surface area contributed by atoms with E-state index in [-0.39, 0.29) is 6.42 Å². The van der Waals surface area contributed by atoms with Crippen molar-refractivity contribution in [3.8, 4) is 0 Å². The minimum atomic E-state index is -0.856. The first kappa shape index (κ1) is 15.9. The summed E-state index contributed by atoms with van der Waals surface area (Å²) in [5.41, 5.74) is 1.78. The van der Waals surface area contributed by atoms with Crippen LogP contribution in [-0.2, 0) is 21.6 Å². The molecule has 0 aliphatic heterocycles. The third kappa shape index (κ3) is 3.23. The van der Waals surface area contributed by atoms with Crippen molar-refractivity contribution >= 4 is 5.97 Å². The number of carboxylic acid groups (broad SMARTS) is 1. The van der Waals surface area contributed by atoms with Gasteiger partial charge < -0.3 is 9.84 Å². The topological polar surface area (TPSA) is 72.3 Å². The highest BCUT2D eigenvalue weighted by Gasteiger charge is 2.39. The van der Waals surface area contributed by atoms with Crippen molar-refractivity contribution in [2.45, 2.75) is 58.5 Å². The molecule has 1 fully saturated rings. The summed E-state index contributed by atoms with van der Waals surface area (Å²) in [5.74, 6) is 0.438. The lowest BCUT2D eigenvalue weighted by atomic mass is 9.78. The fourth-order valence-electron chi connectivity index (χ4n) is 3.33. The van der Waals surface area contributed by atoms with Crippen LogP contribution < -0.4 is 0 Å². The molecular formula is C16H24N2O3. The number of carbonyl (C=O) groups is 1. The second-order valence-electron chi connectivity index (χ2n) is 6.17. The van der Waals surface area contributed by atoms with Crippen LogP contribution >= 0.6 is 0 Å². The second-order valence-corrected chi connectivity index (χ2v) is 6.17. The van der Waals surface area contributed by atoms with E-state index >= 15 is 0 Å². The molecule has 0 amide bonds. The molecule has 5 nitrogen and oxygen atoms in total. The molecule has 1 aromatic rings. The number of carboxylic acids is 1. The minimum absolute atomic E-state index is 0.0334. The van der Waals surface area contributed by atoms with Crippen LogP contribution in [0.4, 0.5) is 0 Å². The average Bonchev–Trinajstić information content (AvgIpc) is 2.42. The Morgan fingerprint density at radius 2 is 2.00 bits per heavy atom. The van der Waals surface area contributed by atoms with Gasteiger partial charge in [-0.25, -0.2) is 9.97 Å². The number of ether oxygens (including phenoxy) is 1. The van der Waals surface area contributed by atoms with Crippen molar-refractivity contribution < 1.29 is 14.6 Å². The van der Waals surface area contributed by atoms with Crippen molar-refractivity contribution in [1.29, 1.82) is 0 Å². The summed E-state index contributed by atoms with van der Waals surface area (Å²) in [5, 5.41) is 8.99. The zero-order chi connectivity index (χ0) is 15.6. The largest absolute Gasteiger partial charge is 0.481 e. The number of methoxy groups -OCH3 is 1. The summed E-state index contributed by atoms with van der Waals surface area (Å²) >= 11 is 0. The third-order valence-corrected chi connectivity index (χ3v) is 4.50. The summed E-state index contributed by atoms with van der Waals surface area (Å²) in [6.45, 7) is 5.93. The molecule has 0 spiro atoms. The van der Waals surface area contributed by atoms with E-state index in [0.29, 0.717) is 17.3 Å². The fourth-order valence-corrected chi connectivity index (χ4v) is 3.33. The van der Waals surface area contributed by atoms with Gasteiger partial charge in [0.15, 0.2) is 5.82 Å². The molecule has 5 heteroatoms. The molecule has 116 valence electrons. The zero-order valence-corrected chi connectivity index (χ0v) is 13.3. The van der Waals surface area contributed by atoms with Crippen molar-refractivity contribution in [2.24, 2.45) is 5.92 Å². The van der Waals surface area contributed by atoms with E-state index in [4.69, 9.17) is 9.84 Å². The highest BCUT2D eigenvalue weighted by Crippen LogP contribution is 2.41. The Morgan fingerprint density at radius 3 is 2.48 bits per heavy atom. The lowest BCUT2D eigenvalue weighted by molar-refractivity contribution is -0.136. The first-order valence-corrected chi connectivity index (χ1v) is 7.49. The minimum Gasteiger partial charge on any atom is -0.481 e. The average molecular weight is 292 g/mol. The Morgan fingerprint density at radius 1 is 1.38 bits per heavy atom. The van der Waals surface area contributed by atoms with Crippen molar-refractivity contribution in [3.05, 3.63) is 22.8 Å². The smallest absolute Gasteiger partial charge is 0.307 e. The van der Waals surface area contributed by atoms with Gasteiger partial charge in [-0.3, -0.25) is 4.79 Å². The van der Waals surface area contributed by atoms with Gasteiger partial charge in [-0.15, -0.1) is 0 Å². The summed E-state index contributed by atoms with van der Waals surface area (Å²) in [6.07, 6.45) is 4.12. The van der Waals surface area contributed by atoms with E-state index < -0.39 is 11.6 Å². The van der Waals surface area contributed by atoms with Crippen LogP contribution in [0.5, 0.6) is 0 Å². The highest BCUT2D eigenvalue weighted by atomic mass is 16.5. The molecule has 0 aromatic carbocycles. The van der Waals surface area contributed by atoms with Crippen LogP contribution in [0.25, 0.3) is 0 Å². The lowest BCUT2D eigenvalue weighted by Gasteiger charge is -2.38. The van der Waals surface area contributed by atoms with E-state index in [2.05, 4.69) is 16.9 Å². The van der Waals surface area contributed by atoms with Gasteiger partial charge in [0, 0.05) is 24.1 Å². The lowest BCUT2D eigenvalue weighted by Crippen LogP contribution is -2.36. The summed E-state index contributed by atoms with van der Waals surface area (Å²) < 4.78 is 5.82. The predicted octanol–water partition coefficient (Wildman–Crippen LogP) is 2.77. The maximum atomic E-state index is 10.9. The number of hydrogen-bond donors (Lipinski definition) is 1. The first-order valence-electron chi connectivity index (χ1n) is 7.49. The monoisotopic (exact) mass is 292 g/mol. The molecule has 1 aliphatic rings. The van der Waals surface area contributed by atoms with Crippen LogP contribution in [0.15, 0.2) is 0 Å². The quantitative estimate of drug-likeness (QED) is 0.923. The maximum Gasteiger partial charge on any atom is 0.307 e. The van der Waals surface area contributed by atoms with Crippen LogP contribution in [0.3, 0.4) is 0 Å². The SMILES string of the molecule is COC1(c2nc(C)c(CC(=O)O)c(C)n2)CCCC(C)C1. The number of aryl methyl sites for hydroxylation is 2. The molecule has 0 saturated heterocycles. The van der Waals surface area contributed by atoms with Crippen LogP contribution in [0, 0.1) is 19.8 Å². The highest BCUT2D eigenvalue weighted by molar-refractivity contribution is 5.70. The number of hydrogen-bond acceptors (Lipinski definition) is 4. The molecule has 21 heavy (non-hydrogen) atoms. The van der Waals surface area contributed by atoms with Gasteiger partial charge in [0.25, 0.3) is 0 Å². The molecule has 0 bridgehead atoms. The van der Waals surface area contributed by atoms with Crippen LogP contribution in [-0.4, -0.2) is 28.2 Å². The van der Waals surface area contributed by atoms with Gasteiger partial charge in [-0.05, 0) is 39.0 Å². The predicted molar refractivity (Wildman–Crippen MR) is 79.2 cm³/mol. The molecular weight excluding hydrogens is 268 g/mol. The van der Waals surface area contributed by atoms with Crippen molar-refractivity contribution in [2.75, 3.05) is 7.11 Å². The van der Waals surface area contributed by atoms with E-state index in [1.807, 2.05) is 13.8 Å². The van der Waals surface area contributed by atoms with E-state index in [1.54, 1.807) is 7.11 Å². The molecule has 1 aliphatic carbocycles. The van der Waals surface area contributed by atoms with Crippen LogP contribution in [0.1, 0.15) is 55.4 Å². The van der Waals surface area contributed by atoms with E-state index in [9.17, 15) is 4.79 Å². The number of nitrogens with zero attached hydrogens (tertiary/aromatic N) is 2. The Labute approximate surface area is 125 Å². The molecule has 2 rings (SSSR count). The van der Waals surface area contributed by atoms with Crippen LogP contribution in [0.2, 0.25) is 0 Å². The Balaban J connectivity index is 2.41. The molecule has 1 N–H and O–H groups in total. The van der Waals surface area contributed by atoms with Gasteiger partial charge in [-0.1, -0.05) is 13.3 Å².